The Morgan fingerprint density at radius 3 is 1.52 bits per heavy atom. The number of nitrogens with two attached hydrogens (primary N) is 1. The van der Waals surface area contributed by atoms with Gasteiger partial charge < -0.3 is 46.5 Å². The third-order valence-electron chi connectivity index (χ3n) is 11.2. The highest BCUT2D eigenvalue weighted by molar-refractivity contribution is 9.10. The second-order valence-electron chi connectivity index (χ2n) is 17.0. The highest BCUT2D eigenvalue weighted by Crippen LogP contribution is 2.22. The van der Waals surface area contributed by atoms with Gasteiger partial charge in [0.05, 0.1) is 34.0 Å². The third kappa shape index (κ3) is 21.1. The molecule has 21 heteroatoms. The molecule has 1 atom stereocenters. The number of hydrogen-bond acceptors (Lipinski definition) is 12. The number of nitrogens with one attached hydrogen (secondary N) is 2. The first-order valence-corrected chi connectivity index (χ1v) is 25.4. The zero-order valence-electron chi connectivity index (χ0n) is 43.1. The zero-order chi connectivity index (χ0) is 58.3. The normalized spacial score (nSPS) is 10.7. The van der Waals surface area contributed by atoms with Crippen molar-refractivity contribution in [1.29, 1.82) is 0 Å². The number of rotatable bonds is 16. The van der Waals surface area contributed by atoms with Gasteiger partial charge in [-0.05, 0) is 159 Å². The summed E-state index contributed by atoms with van der Waals surface area (Å²) in [6.45, 7) is 13.6. The van der Waals surface area contributed by atoms with Crippen molar-refractivity contribution < 1.29 is 77.4 Å². The van der Waals surface area contributed by atoms with Gasteiger partial charge in [-0.1, -0.05) is 71.4 Å². The molecule has 0 aromatic heterocycles. The molecule has 0 aliphatic rings. The number of carboxylic acid groups (broad SMARTS) is 5. The molecule has 6 aromatic carbocycles. The minimum absolute atomic E-state index is 0.176. The van der Waals surface area contributed by atoms with Crippen LogP contribution in [0, 0.1) is 41.5 Å². The van der Waals surface area contributed by atoms with E-state index in [1.807, 2.05) is 19.1 Å². The number of aromatic carboxylic acids is 4. The van der Waals surface area contributed by atoms with E-state index < -0.39 is 69.6 Å². The molecule has 19 nitrogen and oxygen atoms in total. The molecular weight excluding hydrogens is 1080 g/mol. The van der Waals surface area contributed by atoms with Crippen LogP contribution in [0.5, 0.6) is 5.75 Å². The van der Waals surface area contributed by atoms with Crippen LogP contribution in [0.1, 0.15) is 126 Å². The highest BCUT2D eigenvalue weighted by atomic mass is 79.9. The molecule has 0 bridgehead atoms. The smallest absolute Gasteiger partial charge is 0.339 e. The lowest BCUT2D eigenvalue weighted by molar-refractivity contribution is -0.138. The number of sulfonamides is 1. The Kier molecular flexibility index (Phi) is 26.0. The van der Waals surface area contributed by atoms with E-state index in [2.05, 4.69) is 64.9 Å². The quantitative estimate of drug-likeness (QED) is 0.0409. The molecule has 0 heterocycles. The predicted octanol–water partition coefficient (Wildman–Crippen LogP) is 8.63. The van der Waals surface area contributed by atoms with Crippen molar-refractivity contribution in [2.24, 2.45) is 5.73 Å². The SMILES string of the molecule is CCc1ccc(C(=O)O)c(C)c1.Cc1cc(Br)ccc1C(=O)O.Cc1cc(C=O)ccc1C(=O)O.Cc1cc(CNS(=O)(=O)c2ccc(O)c(C(=O)O)c2)ccc1C(=O)N[C@H](C=O)CC(=O)O.Cc1ccc(CN)cc1C. The number of aromatic hydroxyl groups is 1. The van der Waals surface area contributed by atoms with Crippen LogP contribution in [0.4, 0.5) is 0 Å². The number of aldehydes is 2. The summed E-state index contributed by atoms with van der Waals surface area (Å²) in [6.07, 6.45) is 1.40. The number of amides is 1. The summed E-state index contributed by atoms with van der Waals surface area (Å²) in [5.74, 6) is -6.65. The molecule has 10 N–H and O–H groups in total. The molecule has 6 rings (SSSR count). The number of benzene rings is 6. The van der Waals surface area contributed by atoms with Gasteiger partial charge in [-0.2, -0.15) is 0 Å². The van der Waals surface area contributed by atoms with Crippen molar-refractivity contribution in [1.82, 2.24) is 10.0 Å². The van der Waals surface area contributed by atoms with Crippen molar-refractivity contribution in [2.45, 2.75) is 85.3 Å². The lowest BCUT2D eigenvalue weighted by Crippen LogP contribution is -2.37. The molecule has 0 aliphatic carbocycles. The Morgan fingerprint density at radius 2 is 1.05 bits per heavy atom. The zero-order valence-corrected chi connectivity index (χ0v) is 45.5. The Balaban J connectivity index is 0.000000369. The van der Waals surface area contributed by atoms with Crippen molar-refractivity contribution in [3.05, 3.63) is 197 Å². The summed E-state index contributed by atoms with van der Waals surface area (Å²) in [7, 11) is -4.10. The number of carbonyl (C=O) groups is 8. The van der Waals surface area contributed by atoms with Crippen LogP contribution in [0.3, 0.4) is 0 Å². The van der Waals surface area contributed by atoms with E-state index in [4.69, 9.17) is 31.3 Å². The number of halogens is 1. The largest absolute Gasteiger partial charge is 0.507 e. The van der Waals surface area contributed by atoms with Crippen LogP contribution in [-0.4, -0.2) is 93.4 Å². The first-order valence-electron chi connectivity index (χ1n) is 23.1. The molecule has 0 unspecified atom stereocenters. The average Bonchev–Trinajstić information content (AvgIpc) is 3.36. The summed E-state index contributed by atoms with van der Waals surface area (Å²) >= 11 is 3.25. The van der Waals surface area contributed by atoms with E-state index in [0.29, 0.717) is 52.5 Å². The maximum Gasteiger partial charge on any atom is 0.339 e. The molecule has 0 fully saturated rings. The molecule has 408 valence electrons. The molecule has 6 aromatic rings. The van der Waals surface area contributed by atoms with Gasteiger partial charge in [0.2, 0.25) is 10.0 Å². The number of aryl methyl sites for hydroxylation is 7. The summed E-state index contributed by atoms with van der Waals surface area (Å²) in [5, 5.41) is 55.6. The van der Waals surface area contributed by atoms with E-state index in [1.165, 1.54) is 52.6 Å². The third-order valence-corrected chi connectivity index (χ3v) is 13.1. The van der Waals surface area contributed by atoms with Gasteiger partial charge in [-0.15, -0.1) is 0 Å². The monoisotopic (exact) mass is 1140 g/mol. The van der Waals surface area contributed by atoms with Crippen LogP contribution < -0.4 is 15.8 Å². The van der Waals surface area contributed by atoms with Crippen molar-refractivity contribution in [3.63, 3.8) is 0 Å². The summed E-state index contributed by atoms with van der Waals surface area (Å²) in [6, 6.07) is 27.4. The molecule has 0 saturated heterocycles. The first kappa shape index (κ1) is 64.7. The molecule has 0 saturated carbocycles. The number of carbonyl (C=O) groups excluding carboxylic acids is 3. The maximum atomic E-state index is 12.5. The van der Waals surface area contributed by atoms with Gasteiger partial charge in [-0.25, -0.2) is 32.3 Å². The summed E-state index contributed by atoms with van der Waals surface area (Å²) in [4.78, 5) is 86.6. The molecule has 0 aliphatic heterocycles. The van der Waals surface area contributed by atoms with Crippen LogP contribution in [-0.2, 0) is 39.1 Å². The fraction of sp³-hybridized carbons (Fsp3) is 0.214. The summed E-state index contributed by atoms with van der Waals surface area (Å²) < 4.78 is 28.1. The summed E-state index contributed by atoms with van der Waals surface area (Å²) in [5.41, 5.74) is 14.8. The van der Waals surface area contributed by atoms with Crippen molar-refractivity contribution >= 4 is 74.3 Å². The second kappa shape index (κ2) is 30.9. The van der Waals surface area contributed by atoms with Gasteiger partial charge in [0, 0.05) is 28.7 Å². The first-order chi connectivity index (χ1) is 36.1. The van der Waals surface area contributed by atoms with Crippen LogP contribution in [0.25, 0.3) is 0 Å². The van der Waals surface area contributed by atoms with Crippen LogP contribution in [0.2, 0.25) is 0 Å². The number of phenols is 1. The fourth-order valence-electron chi connectivity index (χ4n) is 6.76. The molecule has 1 amide bonds. The van der Waals surface area contributed by atoms with E-state index in [-0.39, 0.29) is 22.6 Å². The fourth-order valence-corrected chi connectivity index (χ4v) is 8.28. The Hall–Kier alpha value is -8.37. The average molecular weight is 1140 g/mol. The van der Waals surface area contributed by atoms with E-state index in [9.17, 15) is 51.9 Å². The van der Waals surface area contributed by atoms with Gasteiger partial charge in [0.1, 0.15) is 23.9 Å². The Morgan fingerprint density at radius 1 is 0.571 bits per heavy atom. The topological polar surface area (TPSA) is 342 Å². The number of carboxylic acids is 5. The Labute approximate surface area is 453 Å². The van der Waals surface area contributed by atoms with Crippen LogP contribution in [0.15, 0.2) is 119 Å². The molecular formula is C56H60BrN3O16S. The predicted molar refractivity (Wildman–Crippen MR) is 291 cm³/mol. The van der Waals surface area contributed by atoms with Crippen molar-refractivity contribution in [3.8, 4) is 5.75 Å². The minimum Gasteiger partial charge on any atom is -0.507 e. The van der Waals surface area contributed by atoms with Gasteiger partial charge in [0.15, 0.2) is 0 Å². The highest BCUT2D eigenvalue weighted by Gasteiger charge is 2.21. The lowest BCUT2D eigenvalue weighted by Gasteiger charge is -2.13. The Bertz CT molecular complexity index is 3250. The van der Waals surface area contributed by atoms with Crippen molar-refractivity contribution in [2.75, 3.05) is 0 Å². The van der Waals surface area contributed by atoms with Gasteiger partial charge >= 0.3 is 29.8 Å². The second-order valence-corrected chi connectivity index (χ2v) is 19.6. The molecule has 0 radical (unpaired) electrons. The molecule has 77 heavy (non-hydrogen) atoms. The molecule has 0 spiro atoms. The van der Waals surface area contributed by atoms with E-state index >= 15 is 0 Å². The standard InChI is InChI=1S/C20H20N2O9S.C10H12O2.C9H13N.C9H8O3.C8H7BrO2/c1-11-6-12(2-4-15(11)19(27)22-13(10-23)7-18(25)26)9-21-32(30,31)14-3-5-17(24)16(8-14)20(28)29;1-3-8-4-5-9(10(11)12)7(2)6-8;1-7-3-4-9(6-10)5-8(7)2;1-6-4-7(5-10)2-3-8(6)9(11)12;1-5-4-6(9)2-3-7(5)8(10)11/h2-6,8,10,13,21,24H,7,9H2,1H3,(H,22,27)(H,25,26)(H,28,29);4-6H,3H2,1-2H3,(H,11,12);3-5H,6,10H2,1-2H3;2-5H,1H3,(H,11,12);2-4H,1H3,(H,10,11)/t13-;;;;/m0..../s1. The minimum atomic E-state index is -4.10. The van der Waals surface area contributed by atoms with Gasteiger partial charge in [0.25, 0.3) is 5.91 Å². The number of aliphatic carboxylic acids is 1. The van der Waals surface area contributed by atoms with Crippen LogP contribution >= 0.6 is 15.9 Å². The van der Waals surface area contributed by atoms with E-state index in [1.54, 1.807) is 51.1 Å². The van der Waals surface area contributed by atoms with E-state index in [0.717, 1.165) is 40.2 Å². The lowest BCUT2D eigenvalue weighted by atomic mass is 10.0. The van der Waals surface area contributed by atoms with Gasteiger partial charge in [-0.3, -0.25) is 14.4 Å². The maximum absolute atomic E-state index is 12.5. The number of hydrogen-bond donors (Lipinski definition) is 9.